The van der Waals surface area contributed by atoms with Crippen LogP contribution in [0.3, 0.4) is 0 Å². The summed E-state index contributed by atoms with van der Waals surface area (Å²) in [6, 6.07) is 8.58. The highest BCUT2D eigenvalue weighted by molar-refractivity contribution is 6.56. The van der Waals surface area contributed by atoms with Crippen molar-refractivity contribution >= 4 is 29.2 Å². The average Bonchev–Trinajstić information content (AvgIpc) is 2.17. The molecule has 88 valence electrons. The van der Waals surface area contributed by atoms with E-state index in [0.717, 1.165) is 0 Å². The van der Waals surface area contributed by atoms with Gasteiger partial charge in [-0.25, -0.2) is 4.79 Å². The molecule has 5 heteroatoms. The summed E-state index contributed by atoms with van der Waals surface area (Å²) in [7, 11) is 0. The van der Waals surface area contributed by atoms with Crippen molar-refractivity contribution in [3.63, 3.8) is 0 Å². The van der Waals surface area contributed by atoms with E-state index in [-0.39, 0.29) is 6.10 Å². The Hall–Kier alpha value is -0.930. The molecular formula is C11H12Cl2O3. The van der Waals surface area contributed by atoms with E-state index in [9.17, 15) is 4.79 Å². The summed E-state index contributed by atoms with van der Waals surface area (Å²) in [5.41, 5.74) is 0. The Bertz CT molecular complexity index is 350. The van der Waals surface area contributed by atoms with Crippen LogP contribution in [0.5, 0.6) is 5.75 Å². The third kappa shape index (κ3) is 3.91. The molecule has 0 aliphatic carbocycles. The van der Waals surface area contributed by atoms with Crippen molar-refractivity contribution in [3.8, 4) is 5.75 Å². The number of rotatable bonds is 4. The Morgan fingerprint density at radius 1 is 1.25 bits per heavy atom. The lowest BCUT2D eigenvalue weighted by Crippen LogP contribution is -2.36. The molecule has 0 radical (unpaired) electrons. The fraction of sp³-hybridized carbons (Fsp3) is 0.364. The largest absolute Gasteiger partial charge is 0.458 e. The van der Waals surface area contributed by atoms with Crippen molar-refractivity contribution < 1.29 is 14.3 Å². The first-order valence-electron chi connectivity index (χ1n) is 4.75. The van der Waals surface area contributed by atoms with Crippen LogP contribution in [-0.4, -0.2) is 16.6 Å². The van der Waals surface area contributed by atoms with E-state index in [1.807, 2.05) is 6.07 Å². The predicted molar refractivity (Wildman–Crippen MR) is 62.7 cm³/mol. The van der Waals surface area contributed by atoms with E-state index >= 15 is 0 Å². The monoisotopic (exact) mass is 262 g/mol. The number of halogens is 2. The van der Waals surface area contributed by atoms with E-state index in [4.69, 9.17) is 32.7 Å². The molecule has 0 aliphatic rings. The fourth-order valence-electron chi connectivity index (χ4n) is 0.961. The summed E-state index contributed by atoms with van der Waals surface area (Å²) >= 11 is 11.5. The molecule has 0 fully saturated rings. The highest BCUT2D eigenvalue weighted by Crippen LogP contribution is 2.27. The molecule has 16 heavy (non-hydrogen) atoms. The lowest BCUT2D eigenvalue weighted by Gasteiger charge is -2.20. The lowest BCUT2D eigenvalue weighted by atomic mass is 10.3. The highest BCUT2D eigenvalue weighted by Gasteiger charge is 2.39. The second-order valence-electron chi connectivity index (χ2n) is 3.39. The maximum atomic E-state index is 11.5. The van der Waals surface area contributed by atoms with Crippen LogP contribution in [0.15, 0.2) is 30.3 Å². The molecule has 0 saturated carbocycles. The van der Waals surface area contributed by atoms with Gasteiger partial charge in [0.1, 0.15) is 5.75 Å². The van der Waals surface area contributed by atoms with Crippen molar-refractivity contribution in [2.75, 3.05) is 0 Å². The van der Waals surface area contributed by atoms with Crippen molar-refractivity contribution in [1.29, 1.82) is 0 Å². The highest BCUT2D eigenvalue weighted by atomic mass is 35.5. The molecule has 0 heterocycles. The van der Waals surface area contributed by atoms with Gasteiger partial charge in [0.15, 0.2) is 0 Å². The summed E-state index contributed by atoms with van der Waals surface area (Å²) in [5.74, 6) is -0.428. The first-order chi connectivity index (χ1) is 7.42. The van der Waals surface area contributed by atoms with Crippen molar-refractivity contribution in [2.45, 2.75) is 24.5 Å². The molecule has 1 aromatic rings. The first-order valence-corrected chi connectivity index (χ1v) is 5.50. The second kappa shape index (κ2) is 5.41. The van der Waals surface area contributed by atoms with Gasteiger partial charge in [-0.2, -0.15) is 0 Å². The summed E-state index contributed by atoms with van der Waals surface area (Å²) in [4.78, 5) is 11.5. The molecule has 0 N–H and O–H groups in total. The van der Waals surface area contributed by atoms with Crippen LogP contribution in [0.25, 0.3) is 0 Å². The van der Waals surface area contributed by atoms with Gasteiger partial charge in [0.2, 0.25) is 0 Å². The summed E-state index contributed by atoms with van der Waals surface area (Å²) in [6.07, 6.45) is -0.302. The molecule has 1 aromatic carbocycles. The van der Waals surface area contributed by atoms with Gasteiger partial charge in [-0.1, -0.05) is 18.2 Å². The zero-order valence-corrected chi connectivity index (χ0v) is 10.5. The number of carbonyl (C=O) groups is 1. The molecule has 0 amide bonds. The van der Waals surface area contributed by atoms with Crippen LogP contribution in [0.1, 0.15) is 13.8 Å². The molecule has 0 aliphatic heterocycles. The van der Waals surface area contributed by atoms with E-state index in [1.54, 1.807) is 38.1 Å². The molecule has 0 saturated heterocycles. The number of esters is 1. The minimum absolute atomic E-state index is 0.302. The number of ether oxygens (including phenoxy) is 2. The summed E-state index contributed by atoms with van der Waals surface area (Å²) in [6.45, 7) is 3.40. The number of benzene rings is 1. The summed E-state index contributed by atoms with van der Waals surface area (Å²) < 4.78 is 7.96. The van der Waals surface area contributed by atoms with Crippen LogP contribution in [0, 0.1) is 0 Å². The first kappa shape index (κ1) is 13.1. The number of hydrogen-bond donors (Lipinski definition) is 0. The van der Waals surface area contributed by atoms with Gasteiger partial charge in [-0.3, -0.25) is 0 Å². The van der Waals surface area contributed by atoms with Crippen molar-refractivity contribution in [3.05, 3.63) is 30.3 Å². The average molecular weight is 263 g/mol. The van der Waals surface area contributed by atoms with Gasteiger partial charge < -0.3 is 9.47 Å². The molecule has 0 spiro atoms. The maximum Gasteiger partial charge on any atom is 0.384 e. The van der Waals surface area contributed by atoms with Crippen molar-refractivity contribution in [1.82, 2.24) is 0 Å². The number of para-hydroxylation sites is 1. The topological polar surface area (TPSA) is 35.5 Å². The van der Waals surface area contributed by atoms with Gasteiger partial charge in [0, 0.05) is 0 Å². The SMILES string of the molecule is CC(C)OC(=O)C(Cl)(Cl)Oc1ccccc1. The number of carbonyl (C=O) groups excluding carboxylic acids is 1. The smallest absolute Gasteiger partial charge is 0.384 e. The number of alkyl halides is 2. The van der Waals surface area contributed by atoms with Gasteiger partial charge >= 0.3 is 10.5 Å². The molecule has 1 rings (SSSR count). The Balaban J connectivity index is 2.68. The molecule has 0 atom stereocenters. The molecular weight excluding hydrogens is 251 g/mol. The fourth-order valence-corrected chi connectivity index (χ4v) is 1.23. The van der Waals surface area contributed by atoms with Crippen molar-refractivity contribution in [2.24, 2.45) is 0 Å². The van der Waals surface area contributed by atoms with Gasteiger partial charge in [-0.15, -0.1) is 0 Å². The zero-order chi connectivity index (χ0) is 12.2. The molecule has 0 unspecified atom stereocenters. The molecule has 0 bridgehead atoms. The summed E-state index contributed by atoms with van der Waals surface area (Å²) in [5, 5.41) is 0. The normalized spacial score (nSPS) is 11.3. The quantitative estimate of drug-likeness (QED) is 0.618. The number of hydrogen-bond acceptors (Lipinski definition) is 3. The predicted octanol–water partition coefficient (Wildman–Crippen LogP) is 3.15. The zero-order valence-electron chi connectivity index (χ0n) is 8.94. The van der Waals surface area contributed by atoms with Crippen LogP contribution in [0.4, 0.5) is 0 Å². The Morgan fingerprint density at radius 2 is 1.81 bits per heavy atom. The minimum atomic E-state index is -2.02. The van der Waals surface area contributed by atoms with E-state index in [2.05, 4.69) is 0 Å². The Labute approximate surface area is 104 Å². The Morgan fingerprint density at radius 3 is 2.31 bits per heavy atom. The van der Waals surface area contributed by atoms with E-state index in [0.29, 0.717) is 5.75 Å². The van der Waals surface area contributed by atoms with Gasteiger partial charge in [-0.05, 0) is 49.2 Å². The van der Waals surface area contributed by atoms with E-state index < -0.39 is 10.5 Å². The van der Waals surface area contributed by atoms with Crippen LogP contribution >= 0.6 is 23.2 Å². The maximum absolute atomic E-state index is 11.5. The Kier molecular flexibility index (Phi) is 4.44. The van der Waals surface area contributed by atoms with Gasteiger partial charge in [0.25, 0.3) is 0 Å². The third-order valence-corrected chi connectivity index (χ3v) is 2.03. The van der Waals surface area contributed by atoms with E-state index in [1.165, 1.54) is 0 Å². The van der Waals surface area contributed by atoms with Crippen LogP contribution in [-0.2, 0) is 9.53 Å². The third-order valence-electron chi connectivity index (χ3n) is 1.57. The van der Waals surface area contributed by atoms with Crippen LogP contribution in [0.2, 0.25) is 0 Å². The lowest BCUT2D eigenvalue weighted by molar-refractivity contribution is -0.154. The van der Waals surface area contributed by atoms with Crippen LogP contribution < -0.4 is 4.74 Å². The molecule has 3 nitrogen and oxygen atoms in total. The standard InChI is InChI=1S/C11H12Cl2O3/c1-8(2)15-10(14)11(12,13)16-9-6-4-3-5-7-9/h3-8H,1-2H3. The minimum Gasteiger partial charge on any atom is -0.458 e. The second-order valence-corrected chi connectivity index (χ2v) is 4.64. The van der Waals surface area contributed by atoms with Gasteiger partial charge in [0.05, 0.1) is 6.10 Å². The molecule has 0 aromatic heterocycles.